The molecule has 0 aliphatic rings. The van der Waals surface area contributed by atoms with Gasteiger partial charge < -0.3 is 9.84 Å². The molecule has 2 heterocycles. The van der Waals surface area contributed by atoms with Crippen LogP contribution in [0.1, 0.15) is 37.0 Å². The van der Waals surface area contributed by atoms with Crippen LogP contribution in [0.3, 0.4) is 0 Å². The van der Waals surface area contributed by atoms with Gasteiger partial charge in [-0.1, -0.05) is 66.1 Å². The Morgan fingerprint density at radius 3 is 2.48 bits per heavy atom. The second kappa shape index (κ2) is 9.73. The van der Waals surface area contributed by atoms with Crippen LogP contribution in [0.25, 0.3) is 10.2 Å². The molecule has 1 atom stereocenters. The number of thiophene rings is 1. The largest absolute Gasteiger partial charge is 0.446 e. The van der Waals surface area contributed by atoms with Crippen LogP contribution in [0.4, 0.5) is 0 Å². The standard InChI is InChI=1S/C24H22Cl2N2O4S/c1-3-4-12-28-21(30)19-18(20(29)14-8-10-15(25)11-9-14)23(33-22(19)27(2)24(28)31)32-17-7-5-6-16(26)13-17/h5-11,13,20,29H,3-4,12H2,1-2H3. The number of rotatable bonds is 7. The van der Waals surface area contributed by atoms with Crippen LogP contribution in [-0.4, -0.2) is 14.2 Å². The van der Waals surface area contributed by atoms with Gasteiger partial charge in [0, 0.05) is 23.6 Å². The summed E-state index contributed by atoms with van der Waals surface area (Å²) in [6, 6.07) is 13.6. The van der Waals surface area contributed by atoms with E-state index in [0.29, 0.717) is 49.8 Å². The minimum absolute atomic E-state index is 0.262. The van der Waals surface area contributed by atoms with E-state index in [0.717, 1.165) is 17.8 Å². The zero-order valence-corrected chi connectivity index (χ0v) is 20.4. The van der Waals surface area contributed by atoms with Crippen molar-refractivity contribution in [2.75, 3.05) is 0 Å². The summed E-state index contributed by atoms with van der Waals surface area (Å²) in [7, 11) is 1.62. The third-order valence-corrected chi connectivity index (χ3v) is 7.02. The molecular weight excluding hydrogens is 483 g/mol. The number of hydrogen-bond acceptors (Lipinski definition) is 5. The molecule has 0 bridgehead atoms. The number of aryl methyl sites for hydroxylation is 1. The maximum atomic E-state index is 13.5. The number of ether oxygens (including phenoxy) is 1. The van der Waals surface area contributed by atoms with Crippen molar-refractivity contribution in [1.29, 1.82) is 0 Å². The Hall–Kier alpha value is -2.58. The Balaban J connectivity index is 1.99. The Morgan fingerprint density at radius 2 is 1.82 bits per heavy atom. The van der Waals surface area contributed by atoms with Gasteiger partial charge in [0.05, 0.1) is 10.9 Å². The summed E-state index contributed by atoms with van der Waals surface area (Å²) in [6.45, 7) is 2.29. The molecule has 172 valence electrons. The summed E-state index contributed by atoms with van der Waals surface area (Å²) in [5, 5.41) is 13.0. The van der Waals surface area contributed by atoms with Crippen LogP contribution in [0.15, 0.2) is 58.1 Å². The average Bonchev–Trinajstić information content (AvgIpc) is 3.17. The number of halogens is 2. The second-order valence-electron chi connectivity index (χ2n) is 7.65. The first-order chi connectivity index (χ1) is 15.8. The molecule has 0 amide bonds. The van der Waals surface area contributed by atoms with E-state index in [9.17, 15) is 14.7 Å². The van der Waals surface area contributed by atoms with Gasteiger partial charge in [0.25, 0.3) is 5.56 Å². The fraction of sp³-hybridized carbons (Fsp3) is 0.250. The molecule has 9 heteroatoms. The molecule has 4 aromatic rings. The van der Waals surface area contributed by atoms with Gasteiger partial charge in [-0.15, -0.1) is 0 Å². The SMILES string of the molecule is CCCCn1c(=O)c2c(C(O)c3ccc(Cl)cc3)c(Oc3cccc(Cl)c3)sc2n(C)c1=O. The van der Waals surface area contributed by atoms with Gasteiger partial charge in [0.1, 0.15) is 16.7 Å². The van der Waals surface area contributed by atoms with Crippen molar-refractivity contribution in [3.05, 3.63) is 90.5 Å². The first-order valence-corrected chi connectivity index (χ1v) is 12.0. The van der Waals surface area contributed by atoms with Crippen LogP contribution in [0.2, 0.25) is 10.0 Å². The smallest absolute Gasteiger partial charge is 0.331 e. The van der Waals surface area contributed by atoms with Crippen LogP contribution in [-0.2, 0) is 13.6 Å². The fourth-order valence-electron chi connectivity index (χ4n) is 3.63. The Morgan fingerprint density at radius 1 is 1.09 bits per heavy atom. The fourth-order valence-corrected chi connectivity index (χ4v) is 5.09. The van der Waals surface area contributed by atoms with E-state index in [1.807, 2.05) is 6.92 Å². The summed E-state index contributed by atoms with van der Waals surface area (Å²) in [6.07, 6.45) is 0.349. The zero-order chi connectivity index (χ0) is 23.7. The van der Waals surface area contributed by atoms with E-state index in [4.69, 9.17) is 27.9 Å². The van der Waals surface area contributed by atoms with Crippen molar-refractivity contribution in [3.8, 4) is 10.8 Å². The quantitative estimate of drug-likeness (QED) is 0.348. The molecule has 33 heavy (non-hydrogen) atoms. The number of aliphatic hydroxyl groups is 1. The third kappa shape index (κ3) is 4.59. The molecule has 0 spiro atoms. The van der Waals surface area contributed by atoms with Gasteiger partial charge >= 0.3 is 5.69 Å². The molecule has 0 aliphatic heterocycles. The van der Waals surface area contributed by atoms with E-state index in [1.165, 1.54) is 9.13 Å². The monoisotopic (exact) mass is 504 g/mol. The minimum Gasteiger partial charge on any atom is -0.446 e. The maximum absolute atomic E-state index is 13.5. The summed E-state index contributed by atoms with van der Waals surface area (Å²) in [5.74, 6) is 0.454. The molecule has 0 aliphatic carbocycles. The normalized spacial score (nSPS) is 12.3. The molecule has 0 saturated carbocycles. The van der Waals surface area contributed by atoms with Gasteiger partial charge in [-0.3, -0.25) is 13.9 Å². The van der Waals surface area contributed by atoms with Crippen molar-refractivity contribution in [1.82, 2.24) is 9.13 Å². The molecule has 6 nitrogen and oxygen atoms in total. The number of unbranched alkanes of at least 4 members (excludes halogenated alkanes) is 1. The Labute approximate surface area is 204 Å². The van der Waals surface area contributed by atoms with Crippen molar-refractivity contribution in [2.24, 2.45) is 7.05 Å². The van der Waals surface area contributed by atoms with Gasteiger partial charge in [0.15, 0.2) is 5.06 Å². The molecular formula is C24H22Cl2N2O4S. The summed E-state index contributed by atoms with van der Waals surface area (Å²) in [4.78, 5) is 26.8. The van der Waals surface area contributed by atoms with Crippen LogP contribution in [0, 0.1) is 0 Å². The zero-order valence-electron chi connectivity index (χ0n) is 18.0. The third-order valence-electron chi connectivity index (χ3n) is 5.38. The molecule has 0 saturated heterocycles. The Kier molecular flexibility index (Phi) is 6.95. The second-order valence-corrected chi connectivity index (χ2v) is 9.48. The summed E-state index contributed by atoms with van der Waals surface area (Å²) in [5.41, 5.74) is 0.0114. The van der Waals surface area contributed by atoms with E-state index < -0.39 is 17.4 Å². The van der Waals surface area contributed by atoms with E-state index in [1.54, 1.807) is 55.6 Å². The topological polar surface area (TPSA) is 73.5 Å². The van der Waals surface area contributed by atoms with E-state index >= 15 is 0 Å². The van der Waals surface area contributed by atoms with Crippen LogP contribution in [0.5, 0.6) is 10.8 Å². The highest BCUT2D eigenvalue weighted by atomic mass is 35.5. The molecule has 2 aromatic heterocycles. The van der Waals surface area contributed by atoms with E-state index in [2.05, 4.69) is 0 Å². The number of benzene rings is 2. The maximum Gasteiger partial charge on any atom is 0.331 e. The van der Waals surface area contributed by atoms with Gasteiger partial charge in [-0.25, -0.2) is 4.79 Å². The van der Waals surface area contributed by atoms with Crippen molar-refractivity contribution >= 4 is 44.8 Å². The lowest BCUT2D eigenvalue weighted by molar-refractivity contribution is 0.218. The summed E-state index contributed by atoms with van der Waals surface area (Å²) < 4.78 is 8.75. The molecule has 4 rings (SSSR count). The number of nitrogens with zero attached hydrogens (tertiary/aromatic N) is 2. The predicted octanol–water partition coefficient (Wildman–Crippen LogP) is 5.74. The number of hydrogen-bond donors (Lipinski definition) is 1. The van der Waals surface area contributed by atoms with Crippen molar-refractivity contribution < 1.29 is 9.84 Å². The van der Waals surface area contributed by atoms with Gasteiger partial charge in [0.2, 0.25) is 0 Å². The predicted molar refractivity (Wildman–Crippen MR) is 133 cm³/mol. The highest BCUT2D eigenvalue weighted by Gasteiger charge is 2.28. The van der Waals surface area contributed by atoms with Crippen molar-refractivity contribution in [2.45, 2.75) is 32.4 Å². The first kappa shape index (κ1) is 23.6. The highest BCUT2D eigenvalue weighted by molar-refractivity contribution is 7.20. The van der Waals surface area contributed by atoms with Gasteiger partial charge in [-0.05, 0) is 42.3 Å². The molecule has 0 fully saturated rings. The highest BCUT2D eigenvalue weighted by Crippen LogP contribution is 2.43. The van der Waals surface area contributed by atoms with Gasteiger partial charge in [-0.2, -0.15) is 0 Å². The lowest BCUT2D eigenvalue weighted by atomic mass is 10.0. The first-order valence-electron chi connectivity index (χ1n) is 10.4. The summed E-state index contributed by atoms with van der Waals surface area (Å²) >= 11 is 13.3. The molecule has 2 aromatic carbocycles. The lowest BCUT2D eigenvalue weighted by Crippen LogP contribution is -2.39. The lowest BCUT2D eigenvalue weighted by Gasteiger charge is -2.14. The van der Waals surface area contributed by atoms with Crippen LogP contribution >= 0.6 is 34.5 Å². The van der Waals surface area contributed by atoms with E-state index in [-0.39, 0.29) is 5.39 Å². The molecule has 1 unspecified atom stereocenters. The van der Waals surface area contributed by atoms with Crippen molar-refractivity contribution in [3.63, 3.8) is 0 Å². The minimum atomic E-state index is -1.17. The average molecular weight is 505 g/mol. The molecule has 1 N–H and O–H groups in total. The Bertz CT molecular complexity index is 1420. The molecule has 0 radical (unpaired) electrons. The number of aliphatic hydroxyl groups excluding tert-OH is 1. The number of aromatic nitrogens is 2. The number of fused-ring (bicyclic) bond motifs is 1. The van der Waals surface area contributed by atoms with Crippen LogP contribution < -0.4 is 16.0 Å².